The SMILES string of the molecule is CC1=C(C)C(=O)[C@@]2(CO)Oc3c(C)c(C)c(O)c(CO)c3C[C@@]2(C)C1=O. The molecule has 0 bridgehead atoms. The summed E-state index contributed by atoms with van der Waals surface area (Å²) in [5, 5.41) is 30.4. The lowest BCUT2D eigenvalue weighted by molar-refractivity contribution is -0.164. The van der Waals surface area contributed by atoms with Crippen molar-refractivity contribution in [1.82, 2.24) is 0 Å². The second-order valence-corrected chi connectivity index (χ2v) is 7.55. The van der Waals surface area contributed by atoms with Crippen LogP contribution in [0, 0.1) is 19.3 Å². The molecule has 1 heterocycles. The lowest BCUT2D eigenvalue weighted by atomic mass is 9.57. The zero-order valence-electron chi connectivity index (χ0n) is 15.7. The van der Waals surface area contributed by atoms with Crippen LogP contribution in [0.2, 0.25) is 0 Å². The monoisotopic (exact) mass is 360 g/mol. The molecule has 0 aromatic heterocycles. The molecule has 3 rings (SSSR count). The van der Waals surface area contributed by atoms with E-state index < -0.39 is 30.0 Å². The first-order valence-electron chi connectivity index (χ1n) is 8.59. The summed E-state index contributed by atoms with van der Waals surface area (Å²) >= 11 is 0. The molecule has 1 aliphatic carbocycles. The van der Waals surface area contributed by atoms with Crippen LogP contribution in [0.15, 0.2) is 11.1 Å². The average molecular weight is 360 g/mol. The first kappa shape index (κ1) is 18.6. The minimum absolute atomic E-state index is 0.0366. The standard InChI is InChI=1S/C20H24O6/c1-9-10(2)16-13(14(7-21)15(9)23)6-19(5)17(24)11(3)12(4)18(25)20(19,8-22)26-16/h21-23H,6-8H2,1-5H3/t19-,20+/m0/s1. The first-order valence-corrected chi connectivity index (χ1v) is 8.59. The Bertz CT molecular complexity index is 881. The van der Waals surface area contributed by atoms with E-state index in [1.165, 1.54) is 0 Å². The highest BCUT2D eigenvalue weighted by Gasteiger charge is 2.65. The third-order valence-corrected chi connectivity index (χ3v) is 6.37. The number of aromatic hydroxyl groups is 1. The van der Waals surface area contributed by atoms with Crippen LogP contribution in [0.4, 0.5) is 0 Å². The van der Waals surface area contributed by atoms with Crippen LogP contribution in [0.3, 0.4) is 0 Å². The summed E-state index contributed by atoms with van der Waals surface area (Å²) < 4.78 is 6.11. The Morgan fingerprint density at radius 3 is 2.12 bits per heavy atom. The Morgan fingerprint density at radius 2 is 1.58 bits per heavy atom. The molecule has 2 atom stereocenters. The molecule has 0 saturated carbocycles. The molecule has 0 saturated heterocycles. The van der Waals surface area contributed by atoms with Crippen molar-refractivity contribution >= 4 is 11.6 Å². The van der Waals surface area contributed by atoms with E-state index in [1.807, 2.05) is 0 Å². The van der Waals surface area contributed by atoms with Crippen molar-refractivity contribution in [3.8, 4) is 11.5 Å². The summed E-state index contributed by atoms with van der Waals surface area (Å²) in [6.45, 7) is 7.16. The fourth-order valence-electron chi connectivity index (χ4n) is 4.26. The van der Waals surface area contributed by atoms with E-state index in [9.17, 15) is 24.9 Å². The highest BCUT2D eigenvalue weighted by Crippen LogP contribution is 2.54. The molecule has 26 heavy (non-hydrogen) atoms. The number of aliphatic hydroxyl groups excluding tert-OH is 2. The molecule has 0 amide bonds. The summed E-state index contributed by atoms with van der Waals surface area (Å²) in [7, 11) is 0. The van der Waals surface area contributed by atoms with E-state index >= 15 is 0 Å². The molecule has 1 aliphatic heterocycles. The van der Waals surface area contributed by atoms with Gasteiger partial charge in [-0.2, -0.15) is 0 Å². The van der Waals surface area contributed by atoms with E-state index in [0.29, 0.717) is 39.1 Å². The quantitative estimate of drug-likeness (QED) is 0.741. The van der Waals surface area contributed by atoms with Gasteiger partial charge in [0, 0.05) is 16.7 Å². The molecule has 0 radical (unpaired) electrons. The molecule has 0 spiro atoms. The van der Waals surface area contributed by atoms with Gasteiger partial charge in [-0.05, 0) is 57.7 Å². The maximum atomic E-state index is 13.1. The van der Waals surface area contributed by atoms with Gasteiger partial charge < -0.3 is 20.1 Å². The van der Waals surface area contributed by atoms with Gasteiger partial charge in [0.25, 0.3) is 0 Å². The predicted octanol–water partition coefficient (Wildman–Crippen LogP) is 1.66. The molecular weight excluding hydrogens is 336 g/mol. The number of carbonyl (C=O) groups is 2. The third-order valence-electron chi connectivity index (χ3n) is 6.37. The molecule has 6 nitrogen and oxygen atoms in total. The Kier molecular flexibility index (Phi) is 4.05. The third kappa shape index (κ3) is 1.94. The molecule has 0 unspecified atom stereocenters. The van der Waals surface area contributed by atoms with Gasteiger partial charge in [0.15, 0.2) is 5.78 Å². The van der Waals surface area contributed by atoms with Crippen LogP contribution in [-0.4, -0.2) is 39.1 Å². The topological polar surface area (TPSA) is 104 Å². The van der Waals surface area contributed by atoms with E-state index in [1.54, 1.807) is 34.6 Å². The summed E-state index contributed by atoms with van der Waals surface area (Å²) in [5.74, 6) is -0.355. The van der Waals surface area contributed by atoms with Crippen LogP contribution in [0.25, 0.3) is 0 Å². The number of ether oxygens (including phenoxy) is 1. The number of phenols is 1. The lowest BCUT2D eigenvalue weighted by Crippen LogP contribution is -2.68. The minimum Gasteiger partial charge on any atom is -0.507 e. The zero-order valence-corrected chi connectivity index (χ0v) is 15.7. The van der Waals surface area contributed by atoms with Gasteiger partial charge in [0.05, 0.1) is 18.6 Å². The summed E-state index contributed by atoms with van der Waals surface area (Å²) in [4.78, 5) is 26.2. The minimum atomic E-state index is -1.71. The summed E-state index contributed by atoms with van der Waals surface area (Å²) in [6, 6.07) is 0. The maximum Gasteiger partial charge on any atom is 0.206 e. The van der Waals surface area contributed by atoms with Crippen LogP contribution in [0.1, 0.15) is 43.0 Å². The zero-order chi connectivity index (χ0) is 19.6. The van der Waals surface area contributed by atoms with Crippen molar-refractivity contribution in [2.24, 2.45) is 5.41 Å². The van der Waals surface area contributed by atoms with Crippen molar-refractivity contribution in [2.45, 2.75) is 53.2 Å². The van der Waals surface area contributed by atoms with Gasteiger partial charge in [-0.15, -0.1) is 0 Å². The van der Waals surface area contributed by atoms with Gasteiger partial charge in [-0.1, -0.05) is 0 Å². The molecule has 6 heteroatoms. The average Bonchev–Trinajstić information content (AvgIpc) is 2.63. The summed E-state index contributed by atoms with van der Waals surface area (Å²) in [6.07, 6.45) is 0.0860. The number of Topliss-reactive ketones (excluding diaryl/α,β-unsaturated/α-hetero) is 2. The van der Waals surface area contributed by atoms with E-state index in [2.05, 4.69) is 0 Å². The van der Waals surface area contributed by atoms with Gasteiger partial charge in [-0.25, -0.2) is 0 Å². The van der Waals surface area contributed by atoms with Crippen molar-refractivity contribution in [1.29, 1.82) is 0 Å². The second kappa shape index (κ2) is 5.66. The highest BCUT2D eigenvalue weighted by atomic mass is 16.5. The number of ketones is 2. The van der Waals surface area contributed by atoms with E-state index in [-0.39, 0.29) is 18.0 Å². The Hall–Kier alpha value is -2.18. The molecule has 1 aromatic rings. The highest BCUT2D eigenvalue weighted by molar-refractivity contribution is 6.18. The van der Waals surface area contributed by atoms with Crippen LogP contribution in [-0.2, 0) is 22.6 Å². The predicted molar refractivity (Wildman–Crippen MR) is 94.1 cm³/mol. The fraction of sp³-hybridized carbons (Fsp3) is 0.500. The Morgan fingerprint density at radius 1 is 1.00 bits per heavy atom. The normalized spacial score (nSPS) is 28.0. The smallest absolute Gasteiger partial charge is 0.206 e. The number of hydrogen-bond acceptors (Lipinski definition) is 6. The van der Waals surface area contributed by atoms with Crippen molar-refractivity contribution in [3.05, 3.63) is 33.4 Å². The van der Waals surface area contributed by atoms with E-state index in [4.69, 9.17) is 4.74 Å². The Balaban J connectivity index is 2.38. The first-order chi connectivity index (χ1) is 12.1. The molecule has 0 fully saturated rings. The maximum absolute atomic E-state index is 13.1. The largest absolute Gasteiger partial charge is 0.507 e. The van der Waals surface area contributed by atoms with Crippen molar-refractivity contribution in [2.75, 3.05) is 6.61 Å². The van der Waals surface area contributed by atoms with E-state index in [0.717, 1.165) is 0 Å². The van der Waals surface area contributed by atoms with Gasteiger partial charge in [0.1, 0.15) is 11.5 Å². The fourth-order valence-corrected chi connectivity index (χ4v) is 4.26. The van der Waals surface area contributed by atoms with Gasteiger partial charge >= 0.3 is 0 Å². The number of hydrogen-bond donors (Lipinski definition) is 3. The Labute approximate surface area is 152 Å². The number of aliphatic hydroxyl groups is 2. The summed E-state index contributed by atoms with van der Waals surface area (Å²) in [5.41, 5.74) is -0.438. The molecule has 1 aromatic carbocycles. The molecule has 2 aliphatic rings. The van der Waals surface area contributed by atoms with Crippen molar-refractivity contribution < 1.29 is 29.6 Å². The molecular formula is C20H24O6. The van der Waals surface area contributed by atoms with Gasteiger partial charge in [0.2, 0.25) is 11.4 Å². The van der Waals surface area contributed by atoms with Crippen LogP contribution < -0.4 is 4.74 Å². The number of allylic oxidation sites excluding steroid dienone is 1. The van der Waals surface area contributed by atoms with Crippen LogP contribution >= 0.6 is 0 Å². The number of rotatable bonds is 2. The lowest BCUT2D eigenvalue weighted by Gasteiger charge is -2.52. The second-order valence-electron chi connectivity index (χ2n) is 7.55. The van der Waals surface area contributed by atoms with Gasteiger partial charge in [-0.3, -0.25) is 9.59 Å². The molecule has 140 valence electrons. The van der Waals surface area contributed by atoms with Crippen molar-refractivity contribution in [3.63, 3.8) is 0 Å². The number of carbonyl (C=O) groups excluding carboxylic acids is 2. The number of benzene rings is 1. The van der Waals surface area contributed by atoms with Crippen LogP contribution in [0.5, 0.6) is 11.5 Å². The molecule has 3 N–H and O–H groups in total. The number of fused-ring (bicyclic) bond motifs is 2.